The highest BCUT2D eigenvalue weighted by Crippen LogP contribution is 2.52. The quantitative estimate of drug-likeness (QED) is 0.866. The minimum Gasteiger partial charge on any atom is -0.311 e. The van der Waals surface area contributed by atoms with Crippen molar-refractivity contribution in [2.45, 2.75) is 25.2 Å². The van der Waals surface area contributed by atoms with Gasteiger partial charge >= 0.3 is 0 Å². The fourth-order valence-corrected chi connectivity index (χ4v) is 2.11. The molecule has 2 heterocycles. The molecular weight excluding hydrogens is 235 g/mol. The molecule has 92 valence electrons. The zero-order valence-electron chi connectivity index (χ0n) is 9.72. The van der Waals surface area contributed by atoms with E-state index in [9.17, 15) is 9.18 Å². The Morgan fingerprint density at radius 3 is 2.72 bits per heavy atom. The maximum atomic E-state index is 12.7. The third kappa shape index (κ3) is 2.01. The van der Waals surface area contributed by atoms with Crippen LogP contribution in [0.25, 0.3) is 0 Å². The highest BCUT2D eigenvalue weighted by molar-refractivity contribution is 5.25. The van der Waals surface area contributed by atoms with Crippen molar-refractivity contribution >= 4 is 0 Å². The molecule has 3 rings (SSSR count). The number of H-pyrrole nitrogens is 1. The summed E-state index contributed by atoms with van der Waals surface area (Å²) in [5.74, 6) is 1.07. The van der Waals surface area contributed by atoms with E-state index in [0.717, 1.165) is 24.5 Å². The third-order valence-corrected chi connectivity index (χ3v) is 3.02. The van der Waals surface area contributed by atoms with Crippen LogP contribution in [0.15, 0.2) is 23.3 Å². The van der Waals surface area contributed by atoms with Gasteiger partial charge in [0.1, 0.15) is 11.6 Å². The Balaban J connectivity index is 1.85. The zero-order valence-corrected chi connectivity index (χ0v) is 9.72. The van der Waals surface area contributed by atoms with Crippen LogP contribution in [0.4, 0.5) is 4.39 Å². The lowest BCUT2D eigenvalue weighted by Gasteiger charge is -2.00. The molecule has 5 nitrogen and oxygen atoms in total. The predicted molar refractivity (Wildman–Crippen MR) is 61.7 cm³/mol. The van der Waals surface area contributed by atoms with Gasteiger partial charge in [-0.25, -0.2) is 19.3 Å². The normalized spacial score (nSPS) is 21.9. The number of aromatic nitrogens is 4. The molecular formula is C12H11FN4O. The third-order valence-electron chi connectivity index (χ3n) is 3.02. The van der Waals surface area contributed by atoms with Gasteiger partial charge in [0.15, 0.2) is 5.82 Å². The lowest BCUT2D eigenvalue weighted by molar-refractivity contribution is 0.608. The van der Waals surface area contributed by atoms with Gasteiger partial charge in [-0.1, -0.05) is 0 Å². The van der Waals surface area contributed by atoms with Crippen LogP contribution in [0.3, 0.4) is 0 Å². The molecule has 0 bridgehead atoms. The van der Waals surface area contributed by atoms with Crippen LogP contribution >= 0.6 is 0 Å². The summed E-state index contributed by atoms with van der Waals surface area (Å²) in [4.78, 5) is 26.2. The van der Waals surface area contributed by atoms with Crippen LogP contribution in [0.2, 0.25) is 0 Å². The molecule has 1 fully saturated rings. The van der Waals surface area contributed by atoms with Gasteiger partial charge in [0.25, 0.3) is 5.56 Å². The molecule has 1 aliphatic rings. The van der Waals surface area contributed by atoms with E-state index in [1.54, 1.807) is 6.92 Å². The van der Waals surface area contributed by atoms with E-state index in [0.29, 0.717) is 11.6 Å². The largest absolute Gasteiger partial charge is 0.311 e. The average molecular weight is 246 g/mol. The van der Waals surface area contributed by atoms with Gasteiger partial charge in [-0.3, -0.25) is 4.79 Å². The molecule has 18 heavy (non-hydrogen) atoms. The predicted octanol–water partition coefficient (Wildman–Crippen LogP) is 1.28. The molecule has 0 saturated heterocycles. The van der Waals surface area contributed by atoms with E-state index in [1.165, 1.54) is 6.07 Å². The summed E-state index contributed by atoms with van der Waals surface area (Å²) in [6, 6.07) is 1.50. The Bertz CT molecular complexity index is 637. The van der Waals surface area contributed by atoms with Crippen LogP contribution in [0.1, 0.15) is 35.6 Å². The second-order valence-corrected chi connectivity index (χ2v) is 4.46. The van der Waals surface area contributed by atoms with Gasteiger partial charge in [0.2, 0.25) is 0 Å². The Morgan fingerprint density at radius 1 is 1.33 bits per heavy atom. The van der Waals surface area contributed by atoms with E-state index in [-0.39, 0.29) is 17.4 Å². The number of nitrogens with zero attached hydrogens (tertiary/aromatic N) is 3. The fourth-order valence-electron chi connectivity index (χ4n) is 2.11. The van der Waals surface area contributed by atoms with Crippen LogP contribution in [-0.2, 0) is 0 Å². The van der Waals surface area contributed by atoms with E-state index >= 15 is 0 Å². The number of hydrogen-bond donors (Lipinski definition) is 1. The van der Waals surface area contributed by atoms with E-state index < -0.39 is 5.82 Å². The van der Waals surface area contributed by atoms with Crippen molar-refractivity contribution in [1.29, 1.82) is 0 Å². The fraction of sp³-hybridized carbons (Fsp3) is 0.333. The number of nitrogens with one attached hydrogen (secondary N) is 1. The van der Waals surface area contributed by atoms with Crippen LogP contribution in [-0.4, -0.2) is 19.9 Å². The minimum atomic E-state index is -0.443. The summed E-state index contributed by atoms with van der Waals surface area (Å²) in [5.41, 5.74) is 0.609. The van der Waals surface area contributed by atoms with Crippen LogP contribution in [0, 0.1) is 12.7 Å². The number of rotatable bonds is 2. The van der Waals surface area contributed by atoms with Crippen molar-refractivity contribution in [2.24, 2.45) is 0 Å². The maximum Gasteiger partial charge on any atom is 0.251 e. The molecule has 0 radical (unpaired) electrons. The number of aromatic amines is 1. The molecule has 0 amide bonds. The van der Waals surface area contributed by atoms with E-state index in [1.807, 2.05) is 0 Å². The van der Waals surface area contributed by atoms with Crippen LogP contribution in [0.5, 0.6) is 0 Å². The first-order valence-electron chi connectivity index (χ1n) is 5.69. The standard InChI is InChI=1S/C12H11FN4O/c1-6-16-10(3-11(18)17-6)8-2-9(8)12-14-4-7(13)5-15-12/h3-5,8-9H,2H2,1H3,(H,16,17,18)/t8-,9-/m0/s1. The van der Waals surface area contributed by atoms with E-state index in [4.69, 9.17) is 0 Å². The Hall–Kier alpha value is -2.11. The molecule has 2 aromatic heterocycles. The second kappa shape index (κ2) is 3.97. The van der Waals surface area contributed by atoms with Gasteiger partial charge in [0, 0.05) is 17.9 Å². The summed E-state index contributed by atoms with van der Waals surface area (Å²) in [6.45, 7) is 1.75. The second-order valence-electron chi connectivity index (χ2n) is 4.46. The van der Waals surface area contributed by atoms with Gasteiger partial charge in [-0.05, 0) is 13.3 Å². The molecule has 0 spiro atoms. The van der Waals surface area contributed by atoms with Crippen molar-refractivity contribution in [3.63, 3.8) is 0 Å². The summed E-state index contributed by atoms with van der Waals surface area (Å²) >= 11 is 0. The molecule has 1 aliphatic carbocycles. The molecule has 6 heteroatoms. The monoisotopic (exact) mass is 246 g/mol. The molecule has 0 aliphatic heterocycles. The summed E-state index contributed by atoms with van der Waals surface area (Å²) in [5, 5.41) is 0. The van der Waals surface area contributed by atoms with Gasteiger partial charge in [-0.2, -0.15) is 0 Å². The van der Waals surface area contributed by atoms with Crippen molar-refractivity contribution in [1.82, 2.24) is 19.9 Å². The molecule has 0 unspecified atom stereocenters. The Kier molecular flexibility index (Phi) is 2.43. The highest BCUT2D eigenvalue weighted by Gasteiger charge is 2.43. The van der Waals surface area contributed by atoms with Crippen molar-refractivity contribution < 1.29 is 4.39 Å². The Labute approximate surface area is 102 Å². The zero-order chi connectivity index (χ0) is 12.7. The van der Waals surface area contributed by atoms with Crippen molar-refractivity contribution in [3.05, 3.63) is 52.0 Å². The van der Waals surface area contributed by atoms with Gasteiger partial charge < -0.3 is 4.98 Å². The molecule has 1 saturated carbocycles. The minimum absolute atomic E-state index is 0.138. The summed E-state index contributed by atoms with van der Waals surface area (Å²) in [6.07, 6.45) is 3.17. The first-order chi connectivity index (χ1) is 8.63. The molecule has 2 atom stereocenters. The van der Waals surface area contributed by atoms with Crippen LogP contribution < -0.4 is 5.56 Å². The number of hydrogen-bond acceptors (Lipinski definition) is 4. The highest BCUT2D eigenvalue weighted by atomic mass is 19.1. The molecule has 0 aromatic carbocycles. The lowest BCUT2D eigenvalue weighted by atomic mass is 10.2. The first-order valence-corrected chi connectivity index (χ1v) is 5.69. The summed E-state index contributed by atoms with van der Waals surface area (Å²) < 4.78 is 12.7. The SMILES string of the molecule is Cc1nc([C@H]2C[C@@H]2c2ncc(F)cn2)cc(=O)[nH]1. The molecule has 2 aromatic rings. The van der Waals surface area contributed by atoms with Gasteiger partial charge in [0.05, 0.1) is 18.1 Å². The topological polar surface area (TPSA) is 71.5 Å². The van der Waals surface area contributed by atoms with Crippen molar-refractivity contribution in [3.8, 4) is 0 Å². The average Bonchev–Trinajstić information content (AvgIpc) is 3.08. The summed E-state index contributed by atoms with van der Waals surface area (Å²) in [7, 11) is 0. The number of aryl methyl sites for hydroxylation is 1. The smallest absolute Gasteiger partial charge is 0.251 e. The van der Waals surface area contributed by atoms with E-state index in [2.05, 4.69) is 19.9 Å². The van der Waals surface area contributed by atoms with Gasteiger partial charge in [-0.15, -0.1) is 0 Å². The van der Waals surface area contributed by atoms with Crippen molar-refractivity contribution in [2.75, 3.05) is 0 Å². The molecule has 1 N–H and O–H groups in total. The first kappa shape index (κ1) is 11.0. The lowest BCUT2D eigenvalue weighted by Crippen LogP contribution is -2.10. The Morgan fingerprint density at radius 2 is 2.06 bits per heavy atom. The number of halogens is 1. The maximum absolute atomic E-state index is 12.7.